The lowest BCUT2D eigenvalue weighted by Crippen LogP contribution is -2.46. The fraction of sp³-hybridized carbons (Fsp3) is 0.875. The first-order chi connectivity index (χ1) is 5.75. The van der Waals surface area contributed by atoms with Crippen molar-refractivity contribution in [1.29, 1.82) is 5.26 Å². The lowest BCUT2D eigenvalue weighted by atomic mass is 10.0. The van der Waals surface area contributed by atoms with Gasteiger partial charge in [0.15, 0.2) is 6.29 Å². The summed E-state index contributed by atoms with van der Waals surface area (Å²) >= 11 is 0. The van der Waals surface area contributed by atoms with E-state index in [9.17, 15) is 0 Å². The van der Waals surface area contributed by atoms with Gasteiger partial charge in [-0.2, -0.15) is 5.26 Å². The highest BCUT2D eigenvalue weighted by molar-refractivity contribution is 4.85. The van der Waals surface area contributed by atoms with Crippen LogP contribution in [0.2, 0.25) is 0 Å². The van der Waals surface area contributed by atoms with E-state index < -0.39 is 6.29 Å². The number of likely N-dealkylation sites (tertiary alicyclic amines) is 1. The normalized spacial score (nSPS) is 25.7. The van der Waals surface area contributed by atoms with Gasteiger partial charge in [0.1, 0.15) is 0 Å². The van der Waals surface area contributed by atoms with Crippen molar-refractivity contribution in [3.63, 3.8) is 0 Å². The van der Waals surface area contributed by atoms with Gasteiger partial charge in [-0.05, 0) is 19.4 Å². The predicted molar refractivity (Wildman–Crippen MR) is 43.1 cm³/mol. The summed E-state index contributed by atoms with van der Waals surface area (Å²) in [4.78, 5) is 1.83. The molecule has 4 heteroatoms. The molecule has 68 valence electrons. The minimum atomic E-state index is -1.31. The Kier molecular flexibility index (Phi) is 3.48. The molecule has 0 aromatic rings. The van der Waals surface area contributed by atoms with E-state index in [1.807, 2.05) is 11.0 Å². The number of hydrogen-bond donors (Lipinski definition) is 2. The summed E-state index contributed by atoms with van der Waals surface area (Å²) in [6.07, 6.45) is 1.53. The Morgan fingerprint density at radius 1 is 1.50 bits per heavy atom. The van der Waals surface area contributed by atoms with Gasteiger partial charge in [0.05, 0.1) is 18.7 Å². The fourth-order valence-electron chi connectivity index (χ4n) is 1.64. The van der Waals surface area contributed by atoms with Crippen LogP contribution in [0, 0.1) is 11.3 Å². The van der Waals surface area contributed by atoms with Crippen LogP contribution in [-0.4, -0.2) is 40.5 Å². The first kappa shape index (κ1) is 9.46. The maximum absolute atomic E-state index is 8.98. The highest BCUT2D eigenvalue weighted by atomic mass is 16.5. The van der Waals surface area contributed by atoms with Crippen LogP contribution in [0.5, 0.6) is 0 Å². The van der Waals surface area contributed by atoms with Crippen LogP contribution in [0.4, 0.5) is 0 Å². The molecule has 2 N–H and O–H groups in total. The Morgan fingerprint density at radius 2 is 2.25 bits per heavy atom. The van der Waals surface area contributed by atoms with Gasteiger partial charge in [0, 0.05) is 0 Å². The zero-order valence-corrected chi connectivity index (χ0v) is 6.98. The Morgan fingerprint density at radius 3 is 2.83 bits per heavy atom. The standard InChI is InChI=1S/C8H14N2O2/c9-4-6-10-5-2-1-3-7(10)8(11)12/h7-8,11-12H,1-3,5-6H2. The molecule has 0 radical (unpaired) electrons. The molecule has 0 saturated carbocycles. The Bertz CT molecular complexity index is 176. The quantitative estimate of drug-likeness (QED) is 0.440. The van der Waals surface area contributed by atoms with Crippen molar-refractivity contribution in [1.82, 2.24) is 4.90 Å². The number of piperidine rings is 1. The van der Waals surface area contributed by atoms with E-state index in [2.05, 4.69) is 0 Å². The molecule has 4 nitrogen and oxygen atoms in total. The number of rotatable bonds is 2. The van der Waals surface area contributed by atoms with Crippen molar-refractivity contribution >= 4 is 0 Å². The average Bonchev–Trinajstić information content (AvgIpc) is 2.05. The molecule has 1 heterocycles. The first-order valence-corrected chi connectivity index (χ1v) is 4.23. The van der Waals surface area contributed by atoms with Gasteiger partial charge in [0.25, 0.3) is 0 Å². The second-order valence-electron chi connectivity index (χ2n) is 3.11. The van der Waals surface area contributed by atoms with E-state index in [0.29, 0.717) is 6.54 Å². The lowest BCUT2D eigenvalue weighted by Gasteiger charge is -2.34. The average molecular weight is 170 g/mol. The third kappa shape index (κ3) is 2.18. The lowest BCUT2D eigenvalue weighted by molar-refractivity contribution is -0.107. The van der Waals surface area contributed by atoms with E-state index in [4.69, 9.17) is 15.5 Å². The molecule has 0 spiro atoms. The minimum Gasteiger partial charge on any atom is -0.367 e. The Labute approximate surface area is 72.0 Å². The molecule has 0 aliphatic carbocycles. The van der Waals surface area contributed by atoms with Gasteiger partial charge in [-0.15, -0.1) is 0 Å². The zero-order chi connectivity index (χ0) is 8.97. The van der Waals surface area contributed by atoms with E-state index in [0.717, 1.165) is 25.8 Å². The van der Waals surface area contributed by atoms with Gasteiger partial charge in [-0.25, -0.2) is 0 Å². The molecule has 1 fully saturated rings. The molecular formula is C8H14N2O2. The minimum absolute atomic E-state index is 0.238. The smallest absolute Gasteiger partial charge is 0.167 e. The van der Waals surface area contributed by atoms with Crippen LogP contribution in [0.25, 0.3) is 0 Å². The summed E-state index contributed by atoms with van der Waals surface area (Å²) in [7, 11) is 0. The van der Waals surface area contributed by atoms with E-state index in [-0.39, 0.29) is 6.04 Å². The molecule has 1 unspecified atom stereocenters. The van der Waals surface area contributed by atoms with Crippen LogP contribution in [0.3, 0.4) is 0 Å². The molecule has 1 rings (SSSR count). The van der Waals surface area contributed by atoms with Gasteiger partial charge in [-0.1, -0.05) is 6.42 Å². The molecule has 0 aromatic heterocycles. The van der Waals surface area contributed by atoms with Gasteiger partial charge < -0.3 is 10.2 Å². The molecule has 1 aliphatic rings. The highest BCUT2D eigenvalue weighted by Gasteiger charge is 2.26. The highest BCUT2D eigenvalue weighted by Crippen LogP contribution is 2.18. The summed E-state index contributed by atoms with van der Waals surface area (Å²) < 4.78 is 0. The van der Waals surface area contributed by atoms with E-state index >= 15 is 0 Å². The maximum Gasteiger partial charge on any atom is 0.167 e. The Hall–Kier alpha value is -0.630. The van der Waals surface area contributed by atoms with Crippen LogP contribution in [0.1, 0.15) is 19.3 Å². The SMILES string of the molecule is N#CCN1CCCCC1C(O)O. The van der Waals surface area contributed by atoms with Gasteiger partial charge >= 0.3 is 0 Å². The summed E-state index contributed by atoms with van der Waals surface area (Å²) in [5.41, 5.74) is 0. The predicted octanol–water partition coefficient (Wildman–Crippen LogP) is -0.325. The third-order valence-corrected chi connectivity index (χ3v) is 2.28. The van der Waals surface area contributed by atoms with Crippen molar-refractivity contribution in [2.24, 2.45) is 0 Å². The molecule has 1 atom stereocenters. The fourth-order valence-corrected chi connectivity index (χ4v) is 1.64. The molecular weight excluding hydrogens is 156 g/mol. The van der Waals surface area contributed by atoms with Crippen LogP contribution in [-0.2, 0) is 0 Å². The summed E-state index contributed by atoms with van der Waals surface area (Å²) in [6, 6.07) is 1.79. The van der Waals surface area contributed by atoms with Crippen LogP contribution in [0.15, 0.2) is 0 Å². The molecule has 1 saturated heterocycles. The van der Waals surface area contributed by atoms with Crippen molar-refractivity contribution < 1.29 is 10.2 Å². The maximum atomic E-state index is 8.98. The summed E-state index contributed by atoms with van der Waals surface area (Å²) in [5, 5.41) is 26.4. The second kappa shape index (κ2) is 4.41. The number of nitrogens with zero attached hydrogens (tertiary/aromatic N) is 2. The first-order valence-electron chi connectivity index (χ1n) is 4.23. The third-order valence-electron chi connectivity index (χ3n) is 2.28. The van der Waals surface area contributed by atoms with Crippen molar-refractivity contribution in [2.75, 3.05) is 13.1 Å². The zero-order valence-electron chi connectivity index (χ0n) is 6.98. The monoisotopic (exact) mass is 170 g/mol. The van der Waals surface area contributed by atoms with Gasteiger partial charge in [-0.3, -0.25) is 4.90 Å². The number of aliphatic hydroxyl groups excluding tert-OH is 1. The van der Waals surface area contributed by atoms with E-state index in [1.54, 1.807) is 0 Å². The molecule has 0 amide bonds. The van der Waals surface area contributed by atoms with Crippen LogP contribution >= 0.6 is 0 Å². The second-order valence-corrected chi connectivity index (χ2v) is 3.11. The number of hydrogen-bond acceptors (Lipinski definition) is 4. The van der Waals surface area contributed by atoms with Gasteiger partial charge in [0.2, 0.25) is 0 Å². The summed E-state index contributed by atoms with van der Waals surface area (Å²) in [6.45, 7) is 1.10. The molecule has 0 aromatic carbocycles. The topological polar surface area (TPSA) is 67.5 Å². The largest absolute Gasteiger partial charge is 0.367 e. The number of aliphatic hydroxyl groups is 2. The Balaban J connectivity index is 2.49. The van der Waals surface area contributed by atoms with Crippen molar-refractivity contribution in [2.45, 2.75) is 31.6 Å². The molecule has 1 aliphatic heterocycles. The van der Waals surface area contributed by atoms with Crippen molar-refractivity contribution in [3.05, 3.63) is 0 Å². The molecule has 12 heavy (non-hydrogen) atoms. The number of nitriles is 1. The van der Waals surface area contributed by atoms with Crippen molar-refractivity contribution in [3.8, 4) is 6.07 Å². The van der Waals surface area contributed by atoms with E-state index in [1.165, 1.54) is 0 Å². The molecule has 0 bridgehead atoms. The van der Waals surface area contributed by atoms with Crippen LogP contribution < -0.4 is 0 Å². The summed E-state index contributed by atoms with van der Waals surface area (Å²) in [5.74, 6) is 0.